The third kappa shape index (κ3) is 2.48. The van der Waals surface area contributed by atoms with Gasteiger partial charge in [-0.1, -0.05) is 12.1 Å². The monoisotopic (exact) mass is 312 g/mol. The summed E-state index contributed by atoms with van der Waals surface area (Å²) in [6.45, 7) is 0. The molecule has 0 spiro atoms. The molecule has 0 aliphatic carbocycles. The number of benzene rings is 2. The van der Waals surface area contributed by atoms with E-state index in [2.05, 4.69) is 10.6 Å². The lowest BCUT2D eigenvalue weighted by Crippen LogP contribution is -2.20. The number of carbonyl (C=O) groups is 3. The van der Waals surface area contributed by atoms with Gasteiger partial charge in [0.1, 0.15) is 0 Å². The van der Waals surface area contributed by atoms with Crippen LogP contribution in [0.5, 0.6) is 0 Å². The van der Waals surface area contributed by atoms with Gasteiger partial charge in [0, 0.05) is 10.5 Å². The quantitative estimate of drug-likeness (QED) is 0.674. The summed E-state index contributed by atoms with van der Waals surface area (Å²) in [5.41, 5.74) is 1.32. The minimum absolute atomic E-state index is 0.210. The summed E-state index contributed by atoms with van der Waals surface area (Å²) in [6, 6.07) is 12.0. The van der Waals surface area contributed by atoms with E-state index in [0.717, 1.165) is 4.90 Å². The molecule has 0 bridgehead atoms. The Morgan fingerprint density at radius 3 is 2.64 bits per heavy atom. The zero-order chi connectivity index (χ0) is 15.7. The predicted molar refractivity (Wildman–Crippen MR) is 84.4 cm³/mol. The SMILES string of the molecule is CSc1cccc(C(=O)Nc2cccc3c2C(=O)NC3=O)c1. The minimum atomic E-state index is -0.492. The number of imide groups is 1. The Bertz CT molecular complexity index is 802. The first-order valence-electron chi connectivity index (χ1n) is 6.54. The molecule has 5 nitrogen and oxygen atoms in total. The first kappa shape index (κ1) is 14.3. The maximum atomic E-state index is 12.3. The van der Waals surface area contributed by atoms with Crippen LogP contribution in [0.2, 0.25) is 0 Å². The summed E-state index contributed by atoms with van der Waals surface area (Å²) in [5.74, 6) is -1.26. The molecule has 0 radical (unpaired) electrons. The normalized spacial score (nSPS) is 12.8. The van der Waals surface area contributed by atoms with Crippen molar-refractivity contribution in [3.63, 3.8) is 0 Å². The average molecular weight is 312 g/mol. The number of nitrogens with one attached hydrogen (secondary N) is 2. The highest BCUT2D eigenvalue weighted by Crippen LogP contribution is 2.25. The number of anilines is 1. The second-order valence-electron chi connectivity index (χ2n) is 4.70. The maximum absolute atomic E-state index is 12.3. The van der Waals surface area contributed by atoms with Gasteiger partial charge in [0.2, 0.25) is 0 Å². The molecule has 3 amide bonds. The van der Waals surface area contributed by atoms with Gasteiger partial charge in [0.05, 0.1) is 16.8 Å². The van der Waals surface area contributed by atoms with E-state index >= 15 is 0 Å². The van der Waals surface area contributed by atoms with Crippen LogP contribution in [0.3, 0.4) is 0 Å². The summed E-state index contributed by atoms with van der Waals surface area (Å²) in [5, 5.41) is 4.92. The Hall–Kier alpha value is -2.60. The Balaban J connectivity index is 1.92. The van der Waals surface area contributed by atoms with Crippen LogP contribution in [0.15, 0.2) is 47.4 Å². The number of hydrogen-bond acceptors (Lipinski definition) is 4. The van der Waals surface area contributed by atoms with E-state index in [1.807, 2.05) is 12.3 Å². The van der Waals surface area contributed by atoms with Crippen molar-refractivity contribution >= 4 is 35.2 Å². The van der Waals surface area contributed by atoms with Crippen LogP contribution in [0, 0.1) is 0 Å². The molecular weight excluding hydrogens is 300 g/mol. The van der Waals surface area contributed by atoms with Gasteiger partial charge in [-0.05, 0) is 36.6 Å². The molecule has 0 saturated carbocycles. The van der Waals surface area contributed by atoms with Crippen molar-refractivity contribution < 1.29 is 14.4 Å². The fourth-order valence-electron chi connectivity index (χ4n) is 2.28. The molecule has 22 heavy (non-hydrogen) atoms. The largest absolute Gasteiger partial charge is 0.321 e. The summed E-state index contributed by atoms with van der Waals surface area (Å²) in [6.07, 6.45) is 1.93. The van der Waals surface area contributed by atoms with Crippen molar-refractivity contribution in [1.29, 1.82) is 0 Å². The number of carbonyl (C=O) groups excluding carboxylic acids is 3. The number of rotatable bonds is 3. The standard InChI is InChI=1S/C16H12N2O3S/c1-22-10-5-2-4-9(8-10)14(19)17-12-7-3-6-11-13(12)16(21)18-15(11)20/h2-8H,1H3,(H,17,19)(H,18,20,21). The van der Waals surface area contributed by atoms with Gasteiger partial charge in [-0.3, -0.25) is 19.7 Å². The molecule has 110 valence electrons. The fourth-order valence-corrected chi connectivity index (χ4v) is 2.74. The molecule has 0 unspecified atom stereocenters. The number of amides is 3. The fraction of sp³-hybridized carbons (Fsp3) is 0.0625. The minimum Gasteiger partial charge on any atom is -0.321 e. The van der Waals surface area contributed by atoms with E-state index in [0.29, 0.717) is 11.3 Å². The first-order valence-corrected chi connectivity index (χ1v) is 7.76. The van der Waals surface area contributed by atoms with Crippen molar-refractivity contribution in [2.45, 2.75) is 4.90 Å². The van der Waals surface area contributed by atoms with Gasteiger partial charge in [-0.2, -0.15) is 0 Å². The van der Waals surface area contributed by atoms with Gasteiger partial charge in [-0.25, -0.2) is 0 Å². The number of hydrogen-bond donors (Lipinski definition) is 2. The van der Waals surface area contributed by atoms with Crippen molar-refractivity contribution in [3.8, 4) is 0 Å². The molecule has 1 aliphatic rings. The van der Waals surface area contributed by atoms with Gasteiger partial charge in [0.25, 0.3) is 17.7 Å². The van der Waals surface area contributed by atoms with Crippen molar-refractivity contribution in [1.82, 2.24) is 5.32 Å². The topological polar surface area (TPSA) is 75.3 Å². The molecule has 0 aromatic heterocycles. The molecule has 0 saturated heterocycles. The molecule has 0 atom stereocenters. The molecule has 0 fully saturated rings. The second kappa shape index (κ2) is 5.65. The lowest BCUT2D eigenvalue weighted by atomic mass is 10.1. The molecule has 2 N–H and O–H groups in total. The van der Waals surface area contributed by atoms with Crippen molar-refractivity contribution in [3.05, 3.63) is 59.2 Å². The molecular formula is C16H12N2O3S. The van der Waals surface area contributed by atoms with Gasteiger partial charge in [0.15, 0.2) is 0 Å². The van der Waals surface area contributed by atoms with Crippen LogP contribution in [-0.4, -0.2) is 24.0 Å². The van der Waals surface area contributed by atoms with Gasteiger partial charge < -0.3 is 5.32 Å². The molecule has 3 rings (SSSR count). The molecule has 1 heterocycles. The van der Waals surface area contributed by atoms with Gasteiger partial charge in [-0.15, -0.1) is 11.8 Å². The van der Waals surface area contributed by atoms with Crippen molar-refractivity contribution in [2.75, 3.05) is 11.6 Å². The van der Waals surface area contributed by atoms with Crippen LogP contribution in [-0.2, 0) is 0 Å². The summed E-state index contributed by atoms with van der Waals surface area (Å²) in [4.78, 5) is 36.8. The number of thioether (sulfide) groups is 1. The number of fused-ring (bicyclic) bond motifs is 1. The third-order valence-corrected chi connectivity index (χ3v) is 4.07. The Morgan fingerprint density at radius 2 is 1.86 bits per heavy atom. The average Bonchev–Trinajstić information content (AvgIpc) is 2.83. The predicted octanol–water partition coefficient (Wildman–Crippen LogP) is 2.54. The highest BCUT2D eigenvalue weighted by molar-refractivity contribution is 7.98. The Kier molecular flexibility index (Phi) is 3.68. The van der Waals surface area contributed by atoms with E-state index < -0.39 is 11.8 Å². The Labute approximate surface area is 131 Å². The van der Waals surface area contributed by atoms with Crippen LogP contribution >= 0.6 is 11.8 Å². The lowest BCUT2D eigenvalue weighted by Gasteiger charge is -2.09. The van der Waals surface area contributed by atoms with Crippen LogP contribution in [0.4, 0.5) is 5.69 Å². The van der Waals surface area contributed by atoms with Crippen LogP contribution < -0.4 is 10.6 Å². The molecule has 2 aromatic rings. The third-order valence-electron chi connectivity index (χ3n) is 3.34. The summed E-state index contributed by atoms with van der Waals surface area (Å²) < 4.78 is 0. The van der Waals surface area contributed by atoms with Crippen molar-refractivity contribution in [2.24, 2.45) is 0 Å². The molecule has 2 aromatic carbocycles. The van der Waals surface area contributed by atoms with E-state index in [-0.39, 0.29) is 17.0 Å². The summed E-state index contributed by atoms with van der Waals surface area (Å²) >= 11 is 1.54. The van der Waals surface area contributed by atoms with E-state index in [1.54, 1.807) is 36.4 Å². The highest BCUT2D eigenvalue weighted by atomic mass is 32.2. The highest BCUT2D eigenvalue weighted by Gasteiger charge is 2.29. The zero-order valence-corrected chi connectivity index (χ0v) is 12.5. The Morgan fingerprint density at radius 1 is 1.09 bits per heavy atom. The van der Waals surface area contributed by atoms with E-state index in [1.165, 1.54) is 11.8 Å². The maximum Gasteiger partial charge on any atom is 0.261 e. The van der Waals surface area contributed by atoms with E-state index in [4.69, 9.17) is 0 Å². The molecule has 1 aliphatic heterocycles. The first-order chi connectivity index (χ1) is 10.6. The molecule has 6 heteroatoms. The van der Waals surface area contributed by atoms with Crippen LogP contribution in [0.1, 0.15) is 31.1 Å². The zero-order valence-electron chi connectivity index (χ0n) is 11.7. The van der Waals surface area contributed by atoms with E-state index in [9.17, 15) is 14.4 Å². The lowest BCUT2D eigenvalue weighted by molar-refractivity contribution is 0.0879. The second-order valence-corrected chi connectivity index (χ2v) is 5.58. The van der Waals surface area contributed by atoms with Crippen LogP contribution in [0.25, 0.3) is 0 Å². The summed E-state index contributed by atoms with van der Waals surface area (Å²) in [7, 11) is 0. The smallest absolute Gasteiger partial charge is 0.261 e. The van der Waals surface area contributed by atoms with Gasteiger partial charge >= 0.3 is 0 Å².